The molecule has 0 spiro atoms. The lowest BCUT2D eigenvalue weighted by molar-refractivity contribution is -0.0573. The fraction of sp³-hybridized carbons (Fsp3) is 0.625. The quantitative estimate of drug-likeness (QED) is 0.919. The number of hydrogen-bond donors (Lipinski definition) is 1. The van der Waals surface area contributed by atoms with Crippen LogP contribution in [0.4, 0.5) is 4.39 Å². The highest BCUT2D eigenvalue weighted by atomic mass is 19.1. The van der Waals surface area contributed by atoms with Crippen molar-refractivity contribution in [1.29, 1.82) is 0 Å². The van der Waals surface area contributed by atoms with E-state index in [-0.39, 0.29) is 17.9 Å². The molecule has 1 aromatic rings. The molecular weight excluding hydrogens is 255 g/mol. The molecule has 2 fully saturated rings. The molecule has 1 aromatic carbocycles. The van der Waals surface area contributed by atoms with Gasteiger partial charge in [-0.25, -0.2) is 4.39 Å². The molecule has 3 rings (SSSR count). The molecule has 4 atom stereocenters. The van der Waals surface area contributed by atoms with Crippen molar-refractivity contribution < 1.29 is 9.13 Å². The summed E-state index contributed by atoms with van der Waals surface area (Å²) >= 11 is 0. The Morgan fingerprint density at radius 3 is 2.55 bits per heavy atom. The third-order valence-electron chi connectivity index (χ3n) is 4.57. The lowest BCUT2D eigenvalue weighted by atomic mass is 9.95. The molecule has 2 aliphatic heterocycles. The number of hydrogen-bond acceptors (Lipinski definition) is 3. The maximum Gasteiger partial charge on any atom is 0.128 e. The Labute approximate surface area is 119 Å². The van der Waals surface area contributed by atoms with E-state index in [9.17, 15) is 4.39 Å². The molecule has 2 bridgehead atoms. The molecule has 2 heterocycles. The minimum absolute atomic E-state index is 0.0480. The number of nitrogens with zero attached hydrogens (tertiary/aromatic N) is 1. The van der Waals surface area contributed by atoms with Gasteiger partial charge < -0.3 is 10.5 Å². The van der Waals surface area contributed by atoms with Crippen LogP contribution in [0.2, 0.25) is 0 Å². The van der Waals surface area contributed by atoms with E-state index in [2.05, 4.69) is 11.8 Å². The number of likely N-dealkylation sites (tertiary alicyclic amines) is 1. The second kappa shape index (κ2) is 5.80. The van der Waals surface area contributed by atoms with Crippen molar-refractivity contribution in [3.05, 3.63) is 35.6 Å². The van der Waals surface area contributed by atoms with Gasteiger partial charge in [-0.3, -0.25) is 4.90 Å². The highest BCUT2D eigenvalue weighted by Gasteiger charge is 2.39. The second-order valence-electron chi connectivity index (χ2n) is 5.95. The van der Waals surface area contributed by atoms with Gasteiger partial charge in [-0.2, -0.15) is 0 Å². The van der Waals surface area contributed by atoms with Crippen molar-refractivity contribution in [2.45, 2.75) is 50.5 Å². The smallest absolute Gasteiger partial charge is 0.128 e. The molecule has 0 saturated carbocycles. The maximum absolute atomic E-state index is 14.2. The summed E-state index contributed by atoms with van der Waals surface area (Å²) in [6, 6.07) is 6.92. The van der Waals surface area contributed by atoms with Gasteiger partial charge in [0, 0.05) is 24.7 Å². The van der Waals surface area contributed by atoms with E-state index in [1.54, 1.807) is 6.07 Å². The second-order valence-corrected chi connectivity index (χ2v) is 5.95. The monoisotopic (exact) mass is 278 g/mol. The molecule has 110 valence electrons. The SMILES string of the molecule is CCC(N)C(c1ccccc1F)N1CC2CCC(C1)O2. The first-order valence-corrected chi connectivity index (χ1v) is 7.58. The lowest BCUT2D eigenvalue weighted by Gasteiger charge is -2.40. The molecule has 2 saturated heterocycles. The summed E-state index contributed by atoms with van der Waals surface area (Å²) in [7, 11) is 0. The maximum atomic E-state index is 14.2. The van der Waals surface area contributed by atoms with E-state index in [1.165, 1.54) is 6.07 Å². The van der Waals surface area contributed by atoms with Crippen molar-refractivity contribution in [2.24, 2.45) is 5.73 Å². The summed E-state index contributed by atoms with van der Waals surface area (Å²) in [5.41, 5.74) is 7.04. The third kappa shape index (κ3) is 2.60. The van der Waals surface area contributed by atoms with Gasteiger partial charge in [-0.1, -0.05) is 25.1 Å². The van der Waals surface area contributed by atoms with Crippen LogP contribution >= 0.6 is 0 Å². The Morgan fingerprint density at radius 2 is 1.95 bits per heavy atom. The van der Waals surface area contributed by atoms with Gasteiger partial charge in [-0.15, -0.1) is 0 Å². The molecule has 0 amide bonds. The summed E-state index contributed by atoms with van der Waals surface area (Å²) in [5.74, 6) is -0.153. The van der Waals surface area contributed by atoms with E-state index in [4.69, 9.17) is 10.5 Å². The minimum Gasteiger partial charge on any atom is -0.372 e. The molecule has 20 heavy (non-hydrogen) atoms. The number of halogens is 1. The van der Waals surface area contributed by atoms with Gasteiger partial charge >= 0.3 is 0 Å². The van der Waals surface area contributed by atoms with Crippen molar-refractivity contribution in [1.82, 2.24) is 4.90 Å². The third-order valence-corrected chi connectivity index (χ3v) is 4.57. The van der Waals surface area contributed by atoms with E-state index in [0.717, 1.165) is 37.9 Å². The molecule has 0 aromatic heterocycles. The normalized spacial score (nSPS) is 29.4. The van der Waals surface area contributed by atoms with E-state index >= 15 is 0 Å². The van der Waals surface area contributed by atoms with Crippen molar-refractivity contribution in [3.63, 3.8) is 0 Å². The van der Waals surface area contributed by atoms with Crippen LogP contribution in [0.25, 0.3) is 0 Å². The lowest BCUT2D eigenvalue weighted by Crippen LogP contribution is -2.49. The van der Waals surface area contributed by atoms with Gasteiger partial charge in [0.2, 0.25) is 0 Å². The predicted molar refractivity (Wildman–Crippen MR) is 76.9 cm³/mol. The van der Waals surface area contributed by atoms with Crippen LogP contribution < -0.4 is 5.73 Å². The van der Waals surface area contributed by atoms with E-state index in [1.807, 2.05) is 12.1 Å². The average molecular weight is 278 g/mol. The molecule has 3 nitrogen and oxygen atoms in total. The Bertz CT molecular complexity index is 456. The zero-order valence-electron chi connectivity index (χ0n) is 12.0. The molecule has 4 heteroatoms. The number of ether oxygens (including phenoxy) is 1. The standard InChI is InChI=1S/C16H23FN2O/c1-2-15(18)16(13-5-3-4-6-14(13)17)19-9-11-7-8-12(10-19)20-11/h3-6,11-12,15-16H,2,7-10,18H2,1H3. The summed E-state index contributed by atoms with van der Waals surface area (Å²) in [6.07, 6.45) is 3.67. The number of rotatable bonds is 4. The first kappa shape index (κ1) is 14.0. The summed E-state index contributed by atoms with van der Waals surface area (Å²) in [4.78, 5) is 2.33. The van der Waals surface area contributed by atoms with Gasteiger partial charge in [0.15, 0.2) is 0 Å². The molecule has 4 unspecified atom stereocenters. The van der Waals surface area contributed by atoms with E-state index in [0.29, 0.717) is 12.2 Å². The topological polar surface area (TPSA) is 38.5 Å². The van der Waals surface area contributed by atoms with Gasteiger partial charge in [0.05, 0.1) is 18.2 Å². The molecule has 2 aliphatic rings. The first-order valence-electron chi connectivity index (χ1n) is 7.58. The zero-order chi connectivity index (χ0) is 14.1. The average Bonchev–Trinajstić information content (AvgIpc) is 2.80. The van der Waals surface area contributed by atoms with Crippen LogP contribution in [0, 0.1) is 5.82 Å². The molecule has 0 aliphatic carbocycles. The summed E-state index contributed by atoms with van der Waals surface area (Å²) in [5, 5.41) is 0. The Morgan fingerprint density at radius 1 is 1.30 bits per heavy atom. The Kier molecular flexibility index (Phi) is 4.06. The van der Waals surface area contributed by atoms with Crippen LogP contribution in [0.5, 0.6) is 0 Å². The molecular formula is C16H23FN2O. The van der Waals surface area contributed by atoms with Crippen LogP contribution in [0.3, 0.4) is 0 Å². The highest BCUT2D eigenvalue weighted by Crippen LogP contribution is 2.34. The van der Waals surface area contributed by atoms with Crippen LogP contribution in [-0.4, -0.2) is 36.2 Å². The van der Waals surface area contributed by atoms with Crippen LogP contribution in [-0.2, 0) is 4.74 Å². The number of fused-ring (bicyclic) bond motifs is 2. The Balaban J connectivity index is 1.89. The zero-order valence-corrected chi connectivity index (χ0v) is 12.0. The predicted octanol–water partition coefficient (Wildman–Crippen LogP) is 2.47. The van der Waals surface area contributed by atoms with Gasteiger partial charge in [-0.05, 0) is 25.3 Å². The van der Waals surface area contributed by atoms with Crippen molar-refractivity contribution in [3.8, 4) is 0 Å². The van der Waals surface area contributed by atoms with E-state index < -0.39 is 0 Å². The fourth-order valence-electron chi connectivity index (χ4n) is 3.51. The van der Waals surface area contributed by atoms with Gasteiger partial charge in [0.25, 0.3) is 0 Å². The minimum atomic E-state index is -0.153. The van der Waals surface area contributed by atoms with Crippen molar-refractivity contribution in [2.75, 3.05) is 13.1 Å². The number of nitrogens with two attached hydrogens (primary N) is 1. The number of morpholine rings is 1. The molecule has 0 radical (unpaired) electrons. The largest absolute Gasteiger partial charge is 0.372 e. The summed E-state index contributed by atoms with van der Waals surface area (Å²) in [6.45, 7) is 3.79. The van der Waals surface area contributed by atoms with Crippen LogP contribution in [0.1, 0.15) is 37.8 Å². The Hall–Kier alpha value is -0.970. The first-order chi connectivity index (χ1) is 9.69. The van der Waals surface area contributed by atoms with Crippen LogP contribution in [0.15, 0.2) is 24.3 Å². The number of benzene rings is 1. The fourth-order valence-corrected chi connectivity index (χ4v) is 3.51. The summed E-state index contributed by atoms with van der Waals surface area (Å²) < 4.78 is 20.1. The molecule has 2 N–H and O–H groups in total. The highest BCUT2D eigenvalue weighted by molar-refractivity contribution is 5.23. The van der Waals surface area contributed by atoms with Crippen molar-refractivity contribution >= 4 is 0 Å². The van der Waals surface area contributed by atoms with Gasteiger partial charge in [0.1, 0.15) is 5.82 Å².